The molecule has 0 aliphatic carbocycles. The number of ether oxygens (including phenoxy) is 2. The molecule has 2 heterocycles. The van der Waals surface area contributed by atoms with Crippen LogP contribution in [0.5, 0.6) is 11.5 Å². The minimum atomic E-state index is -3.64. The van der Waals surface area contributed by atoms with Gasteiger partial charge in [0, 0.05) is 24.6 Å². The van der Waals surface area contributed by atoms with Crippen LogP contribution in [0, 0.1) is 0 Å². The third-order valence-electron chi connectivity index (χ3n) is 4.89. The van der Waals surface area contributed by atoms with Crippen LogP contribution in [-0.2, 0) is 14.8 Å². The largest absolute Gasteiger partial charge is 0.486 e. The number of nitrogens with one attached hydrogen (secondary N) is 2. The van der Waals surface area contributed by atoms with Crippen molar-refractivity contribution in [3.05, 3.63) is 48.5 Å². The molecule has 0 bridgehead atoms. The van der Waals surface area contributed by atoms with Crippen LogP contribution in [-0.4, -0.2) is 44.3 Å². The average molecular weight is 489 g/mol. The van der Waals surface area contributed by atoms with Crippen molar-refractivity contribution in [2.24, 2.45) is 0 Å². The molecule has 2 aromatic carbocycles. The monoisotopic (exact) mass is 488 g/mol. The van der Waals surface area contributed by atoms with Gasteiger partial charge in [0.15, 0.2) is 11.5 Å². The van der Waals surface area contributed by atoms with Crippen molar-refractivity contribution >= 4 is 32.4 Å². The first kappa shape index (κ1) is 23.1. The van der Waals surface area contributed by atoms with Gasteiger partial charge in [-0.25, -0.2) is 13.1 Å². The molecule has 0 radical (unpaired) electrons. The van der Waals surface area contributed by atoms with Gasteiger partial charge in [0.25, 0.3) is 0 Å². The molecule has 1 aliphatic heterocycles. The maximum Gasteiger partial charge on any atom is 0.240 e. The highest BCUT2D eigenvalue weighted by atomic mass is 32.2. The van der Waals surface area contributed by atoms with Crippen LogP contribution < -0.4 is 19.5 Å². The zero-order valence-electron chi connectivity index (χ0n) is 17.8. The molecule has 0 saturated heterocycles. The summed E-state index contributed by atoms with van der Waals surface area (Å²) in [7, 11) is -3.64. The molecule has 1 aromatic heterocycles. The fraction of sp³-hybridized carbons (Fsp3) is 0.318. The molecule has 0 fully saturated rings. The lowest BCUT2D eigenvalue weighted by molar-refractivity contribution is -0.116. The molecule has 0 saturated carbocycles. The molecule has 11 heteroatoms. The van der Waals surface area contributed by atoms with Gasteiger partial charge in [-0.2, -0.15) is 0 Å². The highest BCUT2D eigenvalue weighted by molar-refractivity contribution is 7.89. The van der Waals surface area contributed by atoms with Gasteiger partial charge in [-0.05, 0) is 25.0 Å². The Labute approximate surface area is 196 Å². The zero-order valence-corrected chi connectivity index (χ0v) is 19.5. The van der Waals surface area contributed by atoms with Crippen LogP contribution in [0.25, 0.3) is 10.6 Å². The van der Waals surface area contributed by atoms with Crippen LogP contribution in [0.1, 0.15) is 25.7 Å². The SMILES string of the molecule is O=C(CCCCCNS(=O)(=O)c1ccc2c(c1)OCCO2)Nc1nnc(-c2ccccc2)s1. The van der Waals surface area contributed by atoms with Crippen molar-refractivity contribution in [2.45, 2.75) is 30.6 Å². The lowest BCUT2D eigenvalue weighted by Gasteiger charge is -2.18. The second kappa shape index (κ2) is 10.7. The summed E-state index contributed by atoms with van der Waals surface area (Å²) < 4.78 is 38.4. The number of rotatable bonds is 10. The van der Waals surface area contributed by atoms with Crippen molar-refractivity contribution in [1.29, 1.82) is 0 Å². The van der Waals surface area contributed by atoms with E-state index < -0.39 is 10.0 Å². The number of anilines is 1. The molecule has 0 unspecified atom stereocenters. The van der Waals surface area contributed by atoms with Crippen LogP contribution in [0.4, 0.5) is 5.13 Å². The normalized spacial score (nSPS) is 13.0. The Hall–Kier alpha value is -3.02. The number of unbranched alkanes of at least 4 members (excludes halogenated alkanes) is 2. The van der Waals surface area contributed by atoms with Gasteiger partial charge in [-0.1, -0.05) is 48.1 Å². The van der Waals surface area contributed by atoms with Gasteiger partial charge < -0.3 is 14.8 Å². The summed E-state index contributed by atoms with van der Waals surface area (Å²) in [5, 5.41) is 12.1. The van der Waals surface area contributed by atoms with Crippen molar-refractivity contribution in [3.63, 3.8) is 0 Å². The summed E-state index contributed by atoms with van der Waals surface area (Å²) in [5.74, 6) is 0.840. The Balaban J connectivity index is 1.16. The van der Waals surface area contributed by atoms with E-state index in [2.05, 4.69) is 20.2 Å². The zero-order chi connectivity index (χ0) is 23.1. The molecule has 0 atom stereocenters. The predicted octanol–water partition coefficient (Wildman–Crippen LogP) is 3.45. The van der Waals surface area contributed by atoms with Crippen molar-refractivity contribution < 1.29 is 22.7 Å². The minimum absolute atomic E-state index is 0.136. The Morgan fingerprint density at radius 1 is 0.970 bits per heavy atom. The van der Waals surface area contributed by atoms with Gasteiger partial charge in [0.05, 0.1) is 4.90 Å². The quantitative estimate of drug-likeness (QED) is 0.420. The number of sulfonamides is 1. The first-order chi connectivity index (χ1) is 16.0. The fourth-order valence-electron chi connectivity index (χ4n) is 3.22. The number of aromatic nitrogens is 2. The molecular weight excluding hydrogens is 464 g/mol. The van der Waals surface area contributed by atoms with E-state index in [0.717, 1.165) is 10.6 Å². The van der Waals surface area contributed by atoms with Crippen LogP contribution in [0.2, 0.25) is 0 Å². The third-order valence-corrected chi connectivity index (χ3v) is 7.24. The number of nitrogens with zero attached hydrogens (tertiary/aromatic N) is 2. The van der Waals surface area contributed by atoms with E-state index in [4.69, 9.17) is 9.47 Å². The Bertz CT molecular complexity index is 1200. The molecule has 4 rings (SSSR count). The second-order valence-corrected chi connectivity index (χ2v) is 10.1. The van der Waals surface area contributed by atoms with Crippen LogP contribution in [0.3, 0.4) is 0 Å². The number of hydrogen-bond acceptors (Lipinski definition) is 8. The Morgan fingerprint density at radius 3 is 2.58 bits per heavy atom. The summed E-state index contributed by atoms with van der Waals surface area (Å²) >= 11 is 1.32. The molecule has 0 spiro atoms. The standard InChI is InChI=1S/C22H24N4O5S2/c27-20(24-22-26-25-21(32-22)16-7-3-1-4-8-16)9-5-2-6-12-23-33(28,29)17-10-11-18-19(15-17)31-14-13-30-18/h1,3-4,7-8,10-11,15,23H,2,5-6,9,12-14H2,(H,24,26,27). The van der Waals surface area contributed by atoms with Crippen LogP contribution >= 0.6 is 11.3 Å². The number of fused-ring (bicyclic) bond motifs is 1. The van der Waals surface area contributed by atoms with E-state index in [0.29, 0.717) is 55.5 Å². The Kier molecular flexibility index (Phi) is 7.53. The molecule has 33 heavy (non-hydrogen) atoms. The molecule has 2 N–H and O–H groups in total. The third kappa shape index (κ3) is 6.28. The number of carbonyl (C=O) groups excluding carboxylic acids is 1. The van der Waals surface area contributed by atoms with Crippen molar-refractivity contribution in [2.75, 3.05) is 25.1 Å². The summed E-state index contributed by atoms with van der Waals surface area (Å²) in [5.41, 5.74) is 0.953. The average Bonchev–Trinajstić information content (AvgIpc) is 3.30. The van der Waals surface area contributed by atoms with Crippen molar-refractivity contribution in [3.8, 4) is 22.1 Å². The number of amides is 1. The second-order valence-electron chi connectivity index (χ2n) is 7.34. The van der Waals surface area contributed by atoms with E-state index in [9.17, 15) is 13.2 Å². The van der Waals surface area contributed by atoms with E-state index >= 15 is 0 Å². The van der Waals surface area contributed by atoms with Gasteiger partial charge in [0.1, 0.15) is 18.2 Å². The number of hydrogen-bond donors (Lipinski definition) is 2. The molecule has 3 aromatic rings. The molecule has 1 amide bonds. The predicted molar refractivity (Wildman–Crippen MR) is 125 cm³/mol. The van der Waals surface area contributed by atoms with Gasteiger partial charge in [0.2, 0.25) is 21.1 Å². The van der Waals surface area contributed by atoms with Crippen LogP contribution in [0.15, 0.2) is 53.4 Å². The lowest BCUT2D eigenvalue weighted by Crippen LogP contribution is -2.25. The summed E-state index contributed by atoms with van der Waals surface area (Å²) in [6.07, 6.45) is 2.30. The highest BCUT2D eigenvalue weighted by Crippen LogP contribution is 2.32. The van der Waals surface area contributed by atoms with Gasteiger partial charge in [-0.3, -0.25) is 4.79 Å². The molecular formula is C22H24N4O5S2. The van der Waals surface area contributed by atoms with Crippen molar-refractivity contribution in [1.82, 2.24) is 14.9 Å². The fourth-order valence-corrected chi connectivity index (χ4v) is 5.08. The van der Waals surface area contributed by atoms with E-state index in [1.165, 1.54) is 23.5 Å². The van der Waals surface area contributed by atoms with Gasteiger partial charge in [-0.15, -0.1) is 10.2 Å². The molecule has 1 aliphatic rings. The molecule has 9 nitrogen and oxygen atoms in total. The smallest absolute Gasteiger partial charge is 0.240 e. The van der Waals surface area contributed by atoms with E-state index in [1.54, 1.807) is 6.07 Å². The summed E-state index contributed by atoms with van der Waals surface area (Å²) in [4.78, 5) is 12.3. The number of benzene rings is 2. The van der Waals surface area contributed by atoms with E-state index in [-0.39, 0.29) is 17.3 Å². The number of carbonyl (C=O) groups is 1. The summed E-state index contributed by atoms with van der Waals surface area (Å²) in [6.45, 7) is 1.13. The van der Waals surface area contributed by atoms with E-state index in [1.807, 2.05) is 30.3 Å². The molecule has 174 valence electrons. The Morgan fingerprint density at radius 2 is 1.76 bits per heavy atom. The first-order valence-corrected chi connectivity index (χ1v) is 12.9. The maximum atomic E-state index is 12.5. The summed E-state index contributed by atoms with van der Waals surface area (Å²) in [6, 6.07) is 14.2. The maximum absolute atomic E-state index is 12.5. The lowest BCUT2D eigenvalue weighted by atomic mass is 10.2. The minimum Gasteiger partial charge on any atom is -0.486 e. The highest BCUT2D eigenvalue weighted by Gasteiger charge is 2.19. The topological polar surface area (TPSA) is 120 Å². The first-order valence-electron chi connectivity index (χ1n) is 10.6. The van der Waals surface area contributed by atoms with Gasteiger partial charge >= 0.3 is 0 Å².